The van der Waals surface area contributed by atoms with Crippen LogP contribution >= 0.6 is 0 Å². The van der Waals surface area contributed by atoms with Crippen LogP contribution in [0, 0.1) is 6.26 Å². The molecule has 3 nitrogen and oxygen atoms in total. The minimum absolute atomic E-state index is 0. The maximum Gasteiger partial charge on any atom is 0.131 e. The van der Waals surface area contributed by atoms with Crippen molar-refractivity contribution >= 4 is 10.1 Å². The Kier molecular flexibility index (Phi) is 4.11. The summed E-state index contributed by atoms with van der Waals surface area (Å²) in [6.07, 6.45) is 2.30. The Morgan fingerprint density at radius 1 is 1.50 bits per heavy atom. The van der Waals surface area contributed by atoms with Gasteiger partial charge >= 0.3 is 0 Å². The third-order valence-corrected chi connectivity index (χ3v) is 0. The van der Waals surface area contributed by atoms with Gasteiger partial charge in [-0.1, -0.05) is 0 Å². The number of hydrogen-bond donors (Lipinski definition) is 1. The summed E-state index contributed by atoms with van der Waals surface area (Å²) in [6.45, 7) is 0. The largest absolute Gasteiger partial charge is 0.310 e. The van der Waals surface area contributed by atoms with Crippen LogP contribution in [0.2, 0.25) is 0 Å². The second-order valence-electron chi connectivity index (χ2n) is 0.582. The van der Waals surface area contributed by atoms with E-state index in [9.17, 15) is 0 Å². The molecule has 0 radical (unpaired) electrons. The Hall–Kier alpha value is 0.404. The third-order valence-electron chi connectivity index (χ3n) is 0. The zero-order valence-corrected chi connectivity index (χ0v) is 4.50. The van der Waals surface area contributed by atoms with E-state index in [1.54, 1.807) is 0 Å². The van der Waals surface area contributed by atoms with E-state index < -0.39 is 10.1 Å². The van der Waals surface area contributed by atoms with E-state index >= 15 is 0 Å². The average molecular weight is 154 g/mol. The molecule has 0 unspecified atom stereocenters. The van der Waals surface area contributed by atoms with Gasteiger partial charge in [0.15, 0.2) is 0 Å². The van der Waals surface area contributed by atoms with Crippen molar-refractivity contribution in [3.63, 3.8) is 0 Å². The van der Waals surface area contributed by atoms with Crippen molar-refractivity contribution in [2.24, 2.45) is 0 Å². The Labute approximate surface area is 46.4 Å². The second kappa shape index (κ2) is 2.56. The molecule has 0 aromatic rings. The molecule has 0 spiro atoms. The summed E-state index contributed by atoms with van der Waals surface area (Å²) >= 11 is 0. The molecule has 0 aliphatic rings. The van der Waals surface area contributed by atoms with Crippen molar-refractivity contribution in [2.45, 2.75) is 0 Å². The van der Waals surface area contributed by atoms with Gasteiger partial charge in [-0.2, -0.15) is 6.26 Å². The first kappa shape index (κ1) is 9.64. The molecule has 0 aliphatic carbocycles. The van der Waals surface area contributed by atoms with Gasteiger partial charge in [-0.15, -0.1) is 0 Å². The minimum Gasteiger partial charge on any atom is -0.310 e. The standard InChI is InChI=1S/CH3O3S.Ni/c1-5(2,3)4;/h1H2,(H,2,3,4);/q-1;. The van der Waals surface area contributed by atoms with Gasteiger partial charge in [0.05, 0.1) is 0 Å². The smallest absolute Gasteiger partial charge is 0.131 e. The summed E-state index contributed by atoms with van der Waals surface area (Å²) in [5.74, 6) is 0. The Morgan fingerprint density at radius 3 is 1.50 bits per heavy atom. The van der Waals surface area contributed by atoms with Crippen LogP contribution in [0.25, 0.3) is 0 Å². The van der Waals surface area contributed by atoms with Crippen molar-refractivity contribution in [3.05, 3.63) is 6.26 Å². The summed E-state index contributed by atoms with van der Waals surface area (Å²) in [4.78, 5) is 0. The van der Waals surface area contributed by atoms with Crippen LogP contribution in [-0.2, 0) is 26.6 Å². The van der Waals surface area contributed by atoms with Gasteiger partial charge in [0, 0.05) is 16.5 Å². The van der Waals surface area contributed by atoms with E-state index in [-0.39, 0.29) is 16.5 Å². The topological polar surface area (TPSA) is 54.4 Å². The van der Waals surface area contributed by atoms with Crippen LogP contribution in [-0.4, -0.2) is 13.0 Å². The van der Waals surface area contributed by atoms with Gasteiger partial charge in [0.1, 0.15) is 10.1 Å². The monoisotopic (exact) mass is 153 g/mol. The molecular formula is CH3NiO3S-. The zero-order valence-electron chi connectivity index (χ0n) is 2.70. The first-order valence-electron chi connectivity index (χ1n) is 0.805. The van der Waals surface area contributed by atoms with E-state index in [1.165, 1.54) is 0 Å². The van der Waals surface area contributed by atoms with Crippen molar-refractivity contribution in [2.75, 3.05) is 0 Å². The molecule has 0 saturated carbocycles. The van der Waals surface area contributed by atoms with E-state index in [0.29, 0.717) is 0 Å². The van der Waals surface area contributed by atoms with Crippen molar-refractivity contribution < 1.29 is 29.5 Å². The van der Waals surface area contributed by atoms with E-state index in [4.69, 9.17) is 13.0 Å². The van der Waals surface area contributed by atoms with Gasteiger partial charge in [-0.25, -0.2) is 8.42 Å². The molecule has 0 aliphatic heterocycles. The first-order chi connectivity index (χ1) is 2.00. The fourth-order valence-corrected chi connectivity index (χ4v) is 0. The van der Waals surface area contributed by atoms with E-state index in [0.717, 1.165) is 0 Å². The quantitative estimate of drug-likeness (QED) is 0.295. The Morgan fingerprint density at radius 2 is 1.50 bits per heavy atom. The van der Waals surface area contributed by atoms with Gasteiger partial charge < -0.3 is 4.55 Å². The fourth-order valence-electron chi connectivity index (χ4n) is 0. The molecule has 0 atom stereocenters. The van der Waals surface area contributed by atoms with E-state index in [2.05, 4.69) is 6.26 Å². The SMILES string of the molecule is [CH2-]S(=O)(=O)O.[Ni]. The average Bonchev–Trinajstić information content (AvgIpc) is 0.722. The third kappa shape index (κ3) is 313. The van der Waals surface area contributed by atoms with Gasteiger partial charge in [-0.05, 0) is 0 Å². The Balaban J connectivity index is 0. The van der Waals surface area contributed by atoms with Crippen LogP contribution in [0.1, 0.15) is 0 Å². The molecule has 0 heterocycles. The zero-order chi connectivity index (χ0) is 4.50. The number of rotatable bonds is 0. The molecule has 0 aromatic carbocycles. The van der Waals surface area contributed by atoms with Gasteiger partial charge in [-0.3, -0.25) is 0 Å². The summed E-state index contributed by atoms with van der Waals surface area (Å²) in [5, 5.41) is 0. The maximum atomic E-state index is 9.08. The maximum absolute atomic E-state index is 9.08. The molecule has 0 saturated heterocycles. The fraction of sp³-hybridized carbons (Fsp3) is 0. The summed E-state index contributed by atoms with van der Waals surface area (Å²) < 4.78 is 25.5. The summed E-state index contributed by atoms with van der Waals surface area (Å²) in [7, 11) is -3.92. The molecule has 1 N–H and O–H groups in total. The molecule has 0 fully saturated rings. The van der Waals surface area contributed by atoms with Crippen LogP contribution in [0.4, 0.5) is 0 Å². The molecule has 0 bridgehead atoms. The van der Waals surface area contributed by atoms with Crippen molar-refractivity contribution in [1.82, 2.24) is 0 Å². The predicted octanol–water partition coefficient (Wildman–Crippen LogP) is -0.337. The minimum atomic E-state index is -3.92. The molecule has 42 valence electrons. The molecule has 5 heteroatoms. The molecule has 0 amide bonds. The van der Waals surface area contributed by atoms with Crippen molar-refractivity contribution in [1.29, 1.82) is 0 Å². The molecule has 0 aromatic heterocycles. The van der Waals surface area contributed by atoms with Gasteiger partial charge in [0.25, 0.3) is 0 Å². The summed E-state index contributed by atoms with van der Waals surface area (Å²) in [6, 6.07) is 0. The van der Waals surface area contributed by atoms with E-state index in [1.807, 2.05) is 0 Å². The summed E-state index contributed by atoms with van der Waals surface area (Å²) in [5.41, 5.74) is 0. The van der Waals surface area contributed by atoms with Crippen LogP contribution in [0.3, 0.4) is 0 Å². The molecule has 0 rings (SSSR count). The molecular weight excluding hydrogens is 151 g/mol. The predicted molar refractivity (Wildman–Crippen MR) is 16.9 cm³/mol. The van der Waals surface area contributed by atoms with Gasteiger partial charge in [0.2, 0.25) is 0 Å². The normalized spacial score (nSPS) is 9.67. The Bertz CT molecular complexity index is 94.0. The van der Waals surface area contributed by atoms with Crippen molar-refractivity contribution in [3.8, 4) is 0 Å². The van der Waals surface area contributed by atoms with Crippen LogP contribution < -0.4 is 0 Å². The number of hydrogen-bond acceptors (Lipinski definition) is 2. The second-order valence-corrected chi connectivity index (χ2v) is 1.75. The van der Waals surface area contributed by atoms with Crippen LogP contribution in [0.5, 0.6) is 0 Å². The van der Waals surface area contributed by atoms with Crippen LogP contribution in [0.15, 0.2) is 0 Å². The molecule has 6 heavy (non-hydrogen) atoms. The first-order valence-corrected chi connectivity index (χ1v) is 2.41.